The SMILES string of the molecule is C=C(/C=C\C)N(C=O)C(=C)/C=C/C. The number of hydrogen-bond acceptors (Lipinski definition) is 1. The summed E-state index contributed by atoms with van der Waals surface area (Å²) in [5, 5.41) is 0. The molecular weight excluding hydrogens is 162 g/mol. The Morgan fingerprint density at radius 3 is 1.69 bits per heavy atom. The van der Waals surface area contributed by atoms with E-state index in [-0.39, 0.29) is 0 Å². The van der Waals surface area contributed by atoms with Crippen LogP contribution in [0, 0.1) is 0 Å². The summed E-state index contributed by atoms with van der Waals surface area (Å²) in [6, 6.07) is 0. The normalized spacial score (nSPS) is 10.6. The summed E-state index contributed by atoms with van der Waals surface area (Å²) in [5.74, 6) is 0. The van der Waals surface area contributed by atoms with Crippen molar-refractivity contribution >= 4 is 6.41 Å². The van der Waals surface area contributed by atoms with E-state index in [0.29, 0.717) is 17.8 Å². The van der Waals surface area contributed by atoms with Gasteiger partial charge >= 0.3 is 0 Å². The Kier molecular flexibility index (Phi) is 5.28. The molecule has 2 heteroatoms. The van der Waals surface area contributed by atoms with Gasteiger partial charge in [0.2, 0.25) is 6.41 Å². The summed E-state index contributed by atoms with van der Waals surface area (Å²) in [5.41, 5.74) is 1.22. The molecule has 0 spiro atoms. The first kappa shape index (κ1) is 11.4. The summed E-state index contributed by atoms with van der Waals surface area (Å²) in [6.07, 6.45) is 7.85. The Morgan fingerprint density at radius 1 is 1.08 bits per heavy atom. The molecule has 0 aromatic heterocycles. The average Bonchev–Trinajstić information content (AvgIpc) is 2.06. The second-order valence-corrected chi connectivity index (χ2v) is 2.46. The maximum Gasteiger partial charge on any atom is 0.218 e. The van der Waals surface area contributed by atoms with E-state index in [1.807, 2.05) is 26.0 Å². The second kappa shape index (κ2) is 6.00. The van der Waals surface area contributed by atoms with Gasteiger partial charge in [-0.15, -0.1) is 0 Å². The number of amides is 1. The van der Waals surface area contributed by atoms with Crippen molar-refractivity contribution in [2.75, 3.05) is 0 Å². The van der Waals surface area contributed by atoms with E-state index in [1.54, 1.807) is 12.2 Å². The molecule has 0 saturated heterocycles. The van der Waals surface area contributed by atoms with Crippen LogP contribution in [0.2, 0.25) is 0 Å². The molecule has 1 amide bonds. The highest BCUT2D eigenvalue weighted by Crippen LogP contribution is 2.09. The number of carbonyl (C=O) groups is 1. The zero-order valence-corrected chi connectivity index (χ0v) is 8.16. The Bertz CT molecular complexity index is 237. The van der Waals surface area contributed by atoms with Gasteiger partial charge in [-0.3, -0.25) is 9.69 Å². The van der Waals surface area contributed by atoms with Crippen LogP contribution >= 0.6 is 0 Å². The maximum atomic E-state index is 10.7. The van der Waals surface area contributed by atoms with E-state index in [1.165, 1.54) is 4.90 Å². The molecule has 0 radical (unpaired) electrons. The minimum Gasteiger partial charge on any atom is -0.285 e. The van der Waals surface area contributed by atoms with E-state index in [4.69, 9.17) is 0 Å². The van der Waals surface area contributed by atoms with Gasteiger partial charge in [-0.2, -0.15) is 0 Å². The monoisotopic (exact) mass is 177 g/mol. The van der Waals surface area contributed by atoms with Gasteiger partial charge < -0.3 is 0 Å². The fourth-order valence-electron chi connectivity index (χ4n) is 0.865. The van der Waals surface area contributed by atoms with Crippen molar-refractivity contribution < 1.29 is 4.79 Å². The van der Waals surface area contributed by atoms with E-state index in [9.17, 15) is 4.79 Å². The molecule has 70 valence electrons. The van der Waals surface area contributed by atoms with Crippen LogP contribution in [0.3, 0.4) is 0 Å². The van der Waals surface area contributed by atoms with Crippen LogP contribution in [0.4, 0.5) is 0 Å². The largest absolute Gasteiger partial charge is 0.285 e. The van der Waals surface area contributed by atoms with Crippen molar-refractivity contribution in [2.24, 2.45) is 0 Å². The highest BCUT2D eigenvalue weighted by molar-refractivity contribution is 5.57. The summed E-state index contributed by atoms with van der Waals surface area (Å²) in [6.45, 7) is 11.2. The molecule has 0 unspecified atom stereocenters. The molecule has 13 heavy (non-hydrogen) atoms. The quantitative estimate of drug-likeness (QED) is 0.467. The highest BCUT2D eigenvalue weighted by Gasteiger charge is 2.04. The number of nitrogens with zero attached hydrogens (tertiary/aromatic N) is 1. The lowest BCUT2D eigenvalue weighted by Crippen LogP contribution is -2.16. The van der Waals surface area contributed by atoms with Crippen LogP contribution in [-0.2, 0) is 4.79 Å². The molecule has 0 atom stereocenters. The Morgan fingerprint density at radius 2 is 1.46 bits per heavy atom. The van der Waals surface area contributed by atoms with Crippen LogP contribution in [0.15, 0.2) is 48.9 Å². The van der Waals surface area contributed by atoms with Crippen molar-refractivity contribution in [3.8, 4) is 0 Å². The zero-order chi connectivity index (χ0) is 10.3. The fourth-order valence-corrected chi connectivity index (χ4v) is 0.865. The highest BCUT2D eigenvalue weighted by atomic mass is 16.1. The van der Waals surface area contributed by atoms with Gasteiger partial charge in [0.15, 0.2) is 0 Å². The van der Waals surface area contributed by atoms with E-state index < -0.39 is 0 Å². The molecule has 0 bridgehead atoms. The first-order valence-corrected chi connectivity index (χ1v) is 4.05. The third-order valence-corrected chi connectivity index (χ3v) is 1.44. The van der Waals surface area contributed by atoms with Crippen LogP contribution < -0.4 is 0 Å². The molecule has 0 aliphatic carbocycles. The van der Waals surface area contributed by atoms with Gasteiger partial charge in [0.1, 0.15) is 0 Å². The summed E-state index contributed by atoms with van der Waals surface area (Å²) in [7, 11) is 0. The molecule has 0 rings (SSSR count). The topological polar surface area (TPSA) is 20.3 Å². The third kappa shape index (κ3) is 3.56. The molecule has 0 saturated carbocycles. The molecule has 0 aliphatic rings. The van der Waals surface area contributed by atoms with Crippen LogP contribution in [-0.4, -0.2) is 11.3 Å². The van der Waals surface area contributed by atoms with Gasteiger partial charge in [-0.25, -0.2) is 0 Å². The van der Waals surface area contributed by atoms with Gasteiger partial charge in [-0.1, -0.05) is 25.3 Å². The molecule has 2 nitrogen and oxygen atoms in total. The standard InChI is InChI=1S/C11H15NO/c1-5-7-10(3)12(9-13)11(4)8-6-2/h5-9H,3-4H2,1-2H3/b7-5-,8-6+. The lowest BCUT2D eigenvalue weighted by Gasteiger charge is -2.17. The van der Waals surface area contributed by atoms with Gasteiger partial charge in [0.05, 0.1) is 0 Å². The van der Waals surface area contributed by atoms with Crippen molar-refractivity contribution in [1.29, 1.82) is 0 Å². The van der Waals surface area contributed by atoms with Crippen molar-refractivity contribution in [3.63, 3.8) is 0 Å². The smallest absolute Gasteiger partial charge is 0.218 e. The zero-order valence-electron chi connectivity index (χ0n) is 8.16. The molecule has 0 N–H and O–H groups in total. The van der Waals surface area contributed by atoms with Gasteiger partial charge in [0.25, 0.3) is 0 Å². The number of rotatable bonds is 5. The molecule has 0 heterocycles. The fraction of sp³-hybridized carbons (Fsp3) is 0.182. The number of carbonyl (C=O) groups excluding carboxylic acids is 1. The Hall–Kier alpha value is -1.57. The lowest BCUT2D eigenvalue weighted by molar-refractivity contribution is -0.114. The Labute approximate surface area is 79.6 Å². The molecule has 0 fully saturated rings. The summed E-state index contributed by atoms with van der Waals surface area (Å²) >= 11 is 0. The van der Waals surface area contributed by atoms with E-state index in [0.717, 1.165) is 0 Å². The summed E-state index contributed by atoms with van der Waals surface area (Å²) in [4.78, 5) is 12.1. The molecule has 0 aromatic rings. The predicted molar refractivity (Wildman–Crippen MR) is 55.8 cm³/mol. The number of allylic oxidation sites excluding steroid dienone is 4. The van der Waals surface area contributed by atoms with Crippen LogP contribution in [0.1, 0.15) is 13.8 Å². The number of hydrogen-bond donors (Lipinski definition) is 0. The molecule has 0 aliphatic heterocycles. The van der Waals surface area contributed by atoms with Gasteiger partial charge in [0, 0.05) is 11.4 Å². The summed E-state index contributed by atoms with van der Waals surface area (Å²) < 4.78 is 0. The van der Waals surface area contributed by atoms with Crippen molar-refractivity contribution in [2.45, 2.75) is 13.8 Å². The molecular formula is C11H15NO. The first-order valence-electron chi connectivity index (χ1n) is 4.05. The second-order valence-electron chi connectivity index (χ2n) is 2.46. The maximum absolute atomic E-state index is 10.7. The Balaban J connectivity index is 4.60. The van der Waals surface area contributed by atoms with Gasteiger partial charge in [-0.05, 0) is 26.0 Å². The van der Waals surface area contributed by atoms with E-state index >= 15 is 0 Å². The van der Waals surface area contributed by atoms with Crippen molar-refractivity contribution in [1.82, 2.24) is 4.90 Å². The predicted octanol–water partition coefficient (Wildman–Crippen LogP) is 2.62. The van der Waals surface area contributed by atoms with Crippen LogP contribution in [0.25, 0.3) is 0 Å². The average molecular weight is 177 g/mol. The van der Waals surface area contributed by atoms with Crippen molar-refractivity contribution in [3.05, 3.63) is 48.9 Å². The minimum atomic E-state index is 0.612. The molecule has 0 aromatic carbocycles. The van der Waals surface area contributed by atoms with Crippen LogP contribution in [0.5, 0.6) is 0 Å². The third-order valence-electron chi connectivity index (χ3n) is 1.44. The lowest BCUT2D eigenvalue weighted by atomic mass is 10.3. The van der Waals surface area contributed by atoms with E-state index in [2.05, 4.69) is 13.2 Å². The first-order chi connectivity index (χ1) is 6.17. The minimum absolute atomic E-state index is 0.612.